The van der Waals surface area contributed by atoms with Crippen molar-refractivity contribution >= 4 is 21.6 Å². The second-order valence-corrected chi connectivity index (χ2v) is 7.17. The van der Waals surface area contributed by atoms with Gasteiger partial charge in [0.05, 0.1) is 17.1 Å². The summed E-state index contributed by atoms with van der Waals surface area (Å²) in [6, 6.07) is 3.45. The van der Waals surface area contributed by atoms with E-state index < -0.39 is 9.84 Å². The Morgan fingerprint density at radius 1 is 1.45 bits per heavy atom. The second-order valence-electron chi connectivity index (χ2n) is 4.94. The van der Waals surface area contributed by atoms with Crippen molar-refractivity contribution in [2.24, 2.45) is 5.92 Å². The van der Waals surface area contributed by atoms with Gasteiger partial charge in [-0.25, -0.2) is 13.4 Å². The molecule has 2 heterocycles. The number of amides is 1. The smallest absolute Gasteiger partial charge is 0.252 e. The second kappa shape index (κ2) is 6.21. The Morgan fingerprint density at radius 3 is 2.80 bits per heavy atom. The summed E-state index contributed by atoms with van der Waals surface area (Å²) < 4.78 is 22.6. The molecule has 6 nitrogen and oxygen atoms in total. The van der Waals surface area contributed by atoms with Crippen LogP contribution in [0.4, 0.5) is 5.82 Å². The van der Waals surface area contributed by atoms with Gasteiger partial charge in [-0.2, -0.15) is 0 Å². The summed E-state index contributed by atoms with van der Waals surface area (Å²) in [5.74, 6) is 0.936. The lowest BCUT2D eigenvalue weighted by Crippen LogP contribution is -2.29. The van der Waals surface area contributed by atoms with Crippen molar-refractivity contribution in [1.82, 2.24) is 10.3 Å². The van der Waals surface area contributed by atoms with E-state index in [1.807, 2.05) is 6.92 Å². The largest absolute Gasteiger partial charge is 0.370 e. The van der Waals surface area contributed by atoms with Crippen LogP contribution in [0.1, 0.15) is 23.7 Å². The van der Waals surface area contributed by atoms with E-state index in [1.54, 1.807) is 12.1 Å². The van der Waals surface area contributed by atoms with Gasteiger partial charge in [0, 0.05) is 19.3 Å². The summed E-state index contributed by atoms with van der Waals surface area (Å²) in [7, 11) is -2.89. The highest BCUT2D eigenvalue weighted by molar-refractivity contribution is 7.91. The molecule has 1 aromatic rings. The van der Waals surface area contributed by atoms with Gasteiger partial charge in [-0.15, -0.1) is 0 Å². The fraction of sp³-hybridized carbons (Fsp3) is 0.538. The number of nitrogens with one attached hydrogen (secondary N) is 2. The number of hydrogen-bond donors (Lipinski definition) is 2. The van der Waals surface area contributed by atoms with Gasteiger partial charge < -0.3 is 10.6 Å². The van der Waals surface area contributed by atoms with E-state index in [0.29, 0.717) is 18.5 Å². The molecule has 2 N–H and O–H groups in total. The number of hydrogen-bond acceptors (Lipinski definition) is 5. The molecule has 1 aliphatic heterocycles. The van der Waals surface area contributed by atoms with Gasteiger partial charge in [0.15, 0.2) is 9.84 Å². The predicted molar refractivity (Wildman–Crippen MR) is 77.5 cm³/mol. The molecule has 1 aliphatic rings. The lowest BCUT2D eigenvalue weighted by Gasteiger charge is -2.10. The number of carbonyl (C=O) groups excluding carboxylic acids is 1. The standard InChI is InChI=1S/C13H19N3O3S/c1-2-14-12-4-3-11(8-15-12)13(17)16-7-10-5-6-20(18,19)9-10/h3-4,8,10H,2,5-7,9H2,1H3,(H,14,15)(H,16,17). The highest BCUT2D eigenvalue weighted by Gasteiger charge is 2.27. The van der Waals surface area contributed by atoms with Gasteiger partial charge in [0.1, 0.15) is 5.82 Å². The zero-order valence-corrected chi connectivity index (χ0v) is 12.2. The Hall–Kier alpha value is -1.63. The number of anilines is 1. The lowest BCUT2D eigenvalue weighted by molar-refractivity contribution is 0.0948. The molecule has 0 aromatic carbocycles. The molecule has 0 saturated carbocycles. The number of rotatable bonds is 5. The van der Waals surface area contributed by atoms with Crippen molar-refractivity contribution in [3.05, 3.63) is 23.9 Å². The van der Waals surface area contributed by atoms with Gasteiger partial charge in [-0.3, -0.25) is 4.79 Å². The molecular formula is C13H19N3O3S. The Bertz CT molecular complexity index is 569. The zero-order chi connectivity index (χ0) is 14.6. The Morgan fingerprint density at radius 2 is 2.25 bits per heavy atom. The molecule has 1 atom stereocenters. The van der Waals surface area contributed by atoms with Crippen LogP contribution >= 0.6 is 0 Å². The number of aromatic nitrogens is 1. The fourth-order valence-corrected chi connectivity index (χ4v) is 4.05. The van der Waals surface area contributed by atoms with E-state index >= 15 is 0 Å². The third kappa shape index (κ3) is 3.93. The summed E-state index contributed by atoms with van der Waals surface area (Å²) in [5.41, 5.74) is 0.479. The van der Waals surface area contributed by atoms with E-state index in [1.165, 1.54) is 6.20 Å². The molecule has 1 aromatic heterocycles. The van der Waals surface area contributed by atoms with E-state index in [9.17, 15) is 13.2 Å². The molecule has 0 aliphatic carbocycles. The molecule has 7 heteroatoms. The molecule has 0 bridgehead atoms. The predicted octanol–water partition coefficient (Wildman–Crippen LogP) is 0.678. The molecule has 0 spiro atoms. The van der Waals surface area contributed by atoms with E-state index in [2.05, 4.69) is 15.6 Å². The van der Waals surface area contributed by atoms with Crippen LogP contribution in [-0.4, -0.2) is 43.9 Å². The van der Waals surface area contributed by atoms with Crippen molar-refractivity contribution < 1.29 is 13.2 Å². The first-order valence-corrected chi connectivity index (χ1v) is 8.51. The lowest BCUT2D eigenvalue weighted by atomic mass is 10.1. The first-order chi connectivity index (χ1) is 9.50. The molecule has 1 unspecified atom stereocenters. The average Bonchev–Trinajstić information content (AvgIpc) is 2.77. The van der Waals surface area contributed by atoms with Crippen LogP contribution in [0, 0.1) is 5.92 Å². The number of sulfone groups is 1. The minimum absolute atomic E-state index is 0.0259. The Labute approximate surface area is 118 Å². The number of nitrogens with zero attached hydrogens (tertiary/aromatic N) is 1. The summed E-state index contributed by atoms with van der Waals surface area (Å²) in [5, 5.41) is 5.82. The number of carbonyl (C=O) groups is 1. The normalized spacial score (nSPS) is 20.6. The minimum Gasteiger partial charge on any atom is -0.370 e. The van der Waals surface area contributed by atoms with Crippen molar-refractivity contribution in [3.63, 3.8) is 0 Å². The van der Waals surface area contributed by atoms with Crippen LogP contribution < -0.4 is 10.6 Å². The van der Waals surface area contributed by atoms with Crippen LogP contribution in [0.2, 0.25) is 0 Å². The van der Waals surface area contributed by atoms with Crippen LogP contribution in [-0.2, 0) is 9.84 Å². The molecule has 20 heavy (non-hydrogen) atoms. The summed E-state index contributed by atoms with van der Waals surface area (Å²) in [6.07, 6.45) is 2.14. The topological polar surface area (TPSA) is 88.2 Å². The maximum absolute atomic E-state index is 11.9. The van der Waals surface area contributed by atoms with E-state index in [4.69, 9.17) is 0 Å². The van der Waals surface area contributed by atoms with Gasteiger partial charge in [0.2, 0.25) is 0 Å². The quantitative estimate of drug-likeness (QED) is 0.834. The monoisotopic (exact) mass is 297 g/mol. The molecule has 0 radical (unpaired) electrons. The van der Waals surface area contributed by atoms with Crippen molar-refractivity contribution in [3.8, 4) is 0 Å². The van der Waals surface area contributed by atoms with Gasteiger partial charge in [0.25, 0.3) is 5.91 Å². The molecule has 1 fully saturated rings. The Kier molecular flexibility index (Phi) is 4.59. The van der Waals surface area contributed by atoms with E-state index in [0.717, 1.165) is 12.4 Å². The van der Waals surface area contributed by atoms with Crippen molar-refractivity contribution in [1.29, 1.82) is 0 Å². The van der Waals surface area contributed by atoms with Gasteiger partial charge >= 0.3 is 0 Å². The van der Waals surface area contributed by atoms with Crippen LogP contribution in [0.15, 0.2) is 18.3 Å². The van der Waals surface area contributed by atoms with Crippen LogP contribution in [0.3, 0.4) is 0 Å². The summed E-state index contributed by atoms with van der Waals surface area (Å²) >= 11 is 0. The van der Waals surface area contributed by atoms with E-state index in [-0.39, 0.29) is 23.3 Å². The maximum Gasteiger partial charge on any atom is 0.252 e. The van der Waals surface area contributed by atoms with Crippen LogP contribution in [0.5, 0.6) is 0 Å². The Balaban J connectivity index is 1.86. The fourth-order valence-electron chi connectivity index (χ4n) is 2.19. The van der Waals surface area contributed by atoms with Crippen molar-refractivity contribution in [2.75, 3.05) is 29.9 Å². The molecule has 1 amide bonds. The van der Waals surface area contributed by atoms with Gasteiger partial charge in [-0.1, -0.05) is 0 Å². The third-order valence-electron chi connectivity index (χ3n) is 3.26. The first kappa shape index (κ1) is 14.8. The molecule has 110 valence electrons. The first-order valence-electron chi connectivity index (χ1n) is 6.68. The van der Waals surface area contributed by atoms with Gasteiger partial charge in [-0.05, 0) is 31.4 Å². The SMILES string of the molecule is CCNc1ccc(C(=O)NCC2CCS(=O)(=O)C2)cn1. The minimum atomic E-state index is -2.89. The third-order valence-corrected chi connectivity index (χ3v) is 5.10. The highest BCUT2D eigenvalue weighted by Crippen LogP contribution is 2.17. The zero-order valence-electron chi connectivity index (χ0n) is 11.4. The molecular weight excluding hydrogens is 278 g/mol. The van der Waals surface area contributed by atoms with Crippen LogP contribution in [0.25, 0.3) is 0 Å². The highest BCUT2D eigenvalue weighted by atomic mass is 32.2. The average molecular weight is 297 g/mol. The maximum atomic E-state index is 11.9. The van der Waals surface area contributed by atoms with Crippen molar-refractivity contribution in [2.45, 2.75) is 13.3 Å². The molecule has 1 saturated heterocycles. The number of pyridine rings is 1. The summed E-state index contributed by atoms with van der Waals surface area (Å²) in [4.78, 5) is 16.0. The molecule has 2 rings (SSSR count). The summed E-state index contributed by atoms with van der Waals surface area (Å²) in [6.45, 7) is 3.14.